The molecule has 0 aromatic heterocycles. The Hall–Kier alpha value is 0.430. The molecule has 0 radical (unpaired) electrons. The molecule has 1 saturated heterocycles. The summed E-state index contributed by atoms with van der Waals surface area (Å²) in [6.45, 7) is 10.1. The minimum Gasteiger partial charge on any atom is -0.0654 e. The van der Waals surface area contributed by atoms with Crippen LogP contribution in [0.25, 0.3) is 0 Å². The first-order chi connectivity index (χ1) is 8.04. The summed E-state index contributed by atoms with van der Waals surface area (Å²) < 4.78 is 0. The number of hydrogen-bond acceptors (Lipinski definition) is 0. The van der Waals surface area contributed by atoms with Gasteiger partial charge in [0.1, 0.15) is 0 Å². The highest BCUT2D eigenvalue weighted by Gasteiger charge is 2.63. The van der Waals surface area contributed by atoms with Crippen LogP contribution in [0.2, 0.25) is 0 Å². The highest BCUT2D eigenvalue weighted by molar-refractivity contribution is 7.75. The number of rotatable bonds is 4. The lowest BCUT2D eigenvalue weighted by Crippen LogP contribution is -2.39. The summed E-state index contributed by atoms with van der Waals surface area (Å²) >= 11 is 0. The monoisotopic (exact) mass is 253 g/mol. The van der Waals surface area contributed by atoms with Crippen LogP contribution in [-0.2, 0) is 0 Å². The van der Waals surface area contributed by atoms with E-state index >= 15 is 0 Å². The van der Waals surface area contributed by atoms with Crippen molar-refractivity contribution in [2.45, 2.75) is 51.6 Å². The molecule has 3 rings (SSSR count). The van der Waals surface area contributed by atoms with Crippen LogP contribution in [0, 0.1) is 29.6 Å². The third kappa shape index (κ3) is 1.99. The van der Waals surface area contributed by atoms with E-state index in [1.807, 2.05) is 0 Å². The summed E-state index contributed by atoms with van der Waals surface area (Å²) in [4.78, 5) is 0. The lowest BCUT2D eigenvalue weighted by Gasteiger charge is -2.42. The normalized spacial score (nSPS) is 48.4. The number of fused-ring (bicyclic) bond motifs is 1. The molecule has 1 aliphatic heterocycles. The summed E-state index contributed by atoms with van der Waals surface area (Å²) in [5.41, 5.74) is 1.20. The van der Waals surface area contributed by atoms with Crippen LogP contribution >= 0.6 is 7.26 Å². The third-order valence-corrected chi connectivity index (χ3v) is 10.2. The van der Waals surface area contributed by atoms with Gasteiger partial charge >= 0.3 is 0 Å². The molecule has 2 saturated carbocycles. The zero-order chi connectivity index (χ0) is 12.2. The molecule has 1 heterocycles. The molecular formula is C16H30P+. The zero-order valence-electron chi connectivity index (χ0n) is 12.2. The lowest BCUT2D eigenvalue weighted by molar-refractivity contribution is 0.151. The van der Waals surface area contributed by atoms with Crippen LogP contribution in [0.15, 0.2) is 0 Å². The van der Waals surface area contributed by atoms with E-state index in [0.717, 1.165) is 17.8 Å². The Kier molecular flexibility index (Phi) is 3.10. The van der Waals surface area contributed by atoms with Gasteiger partial charge in [0.25, 0.3) is 0 Å². The molecule has 6 unspecified atom stereocenters. The molecule has 17 heavy (non-hydrogen) atoms. The first-order valence-corrected chi connectivity index (χ1v) is 10.8. The summed E-state index contributed by atoms with van der Waals surface area (Å²) in [7, 11) is -0.459. The molecule has 0 amide bonds. The van der Waals surface area contributed by atoms with Gasteiger partial charge in [-0.15, -0.1) is 0 Å². The molecule has 0 spiro atoms. The highest BCUT2D eigenvalue weighted by atomic mass is 31.2. The van der Waals surface area contributed by atoms with Gasteiger partial charge in [0.05, 0.1) is 11.8 Å². The molecule has 0 aromatic rings. The van der Waals surface area contributed by atoms with Crippen molar-refractivity contribution in [3.05, 3.63) is 0 Å². The summed E-state index contributed by atoms with van der Waals surface area (Å²) in [6, 6.07) is 0. The topological polar surface area (TPSA) is 0 Å². The Morgan fingerprint density at radius 2 is 1.88 bits per heavy atom. The molecule has 0 N–H and O–H groups in total. The highest BCUT2D eigenvalue weighted by Crippen LogP contribution is 2.75. The maximum atomic E-state index is 2.62. The van der Waals surface area contributed by atoms with E-state index in [4.69, 9.17) is 0 Å². The predicted octanol–water partition coefficient (Wildman–Crippen LogP) is 4.74. The third-order valence-electron chi connectivity index (χ3n) is 6.41. The van der Waals surface area contributed by atoms with Crippen molar-refractivity contribution in [1.29, 1.82) is 0 Å². The average molecular weight is 253 g/mol. The predicted molar refractivity (Wildman–Crippen MR) is 79.3 cm³/mol. The fourth-order valence-electron chi connectivity index (χ4n) is 5.12. The quantitative estimate of drug-likeness (QED) is 0.635. The van der Waals surface area contributed by atoms with Crippen molar-refractivity contribution in [1.82, 2.24) is 0 Å². The molecule has 6 atom stereocenters. The maximum absolute atomic E-state index is 2.62. The fraction of sp³-hybridized carbons (Fsp3) is 1.00. The van der Waals surface area contributed by atoms with Gasteiger partial charge in [0.15, 0.2) is 0 Å². The van der Waals surface area contributed by atoms with Gasteiger partial charge in [0.2, 0.25) is 0 Å². The SMILES string of the molecule is CCCC(C)C1CC1C1CC2C1CC[P+]2(C)C. The maximum Gasteiger partial charge on any atom is 0.0727 e. The first-order valence-electron chi connectivity index (χ1n) is 7.87. The minimum absolute atomic E-state index is 0.459. The van der Waals surface area contributed by atoms with Gasteiger partial charge in [-0.3, -0.25) is 0 Å². The van der Waals surface area contributed by atoms with E-state index < -0.39 is 7.26 Å². The Morgan fingerprint density at radius 3 is 2.53 bits per heavy atom. The molecule has 3 aliphatic rings. The molecule has 98 valence electrons. The van der Waals surface area contributed by atoms with E-state index in [1.165, 1.54) is 30.3 Å². The Balaban J connectivity index is 1.54. The Labute approximate surface area is 108 Å². The van der Waals surface area contributed by atoms with E-state index in [0.29, 0.717) is 0 Å². The van der Waals surface area contributed by atoms with Crippen LogP contribution in [0.3, 0.4) is 0 Å². The van der Waals surface area contributed by atoms with E-state index in [9.17, 15) is 0 Å². The van der Waals surface area contributed by atoms with E-state index in [1.54, 1.807) is 25.4 Å². The van der Waals surface area contributed by atoms with Crippen molar-refractivity contribution in [2.75, 3.05) is 19.5 Å². The number of hydrogen-bond donors (Lipinski definition) is 0. The smallest absolute Gasteiger partial charge is 0.0654 e. The van der Waals surface area contributed by atoms with Gasteiger partial charge in [-0.1, -0.05) is 26.7 Å². The van der Waals surface area contributed by atoms with Crippen LogP contribution in [0.1, 0.15) is 46.0 Å². The standard InChI is InChI=1S/C16H30P/c1-5-6-11(2)13-9-14(13)15-10-16-12(15)7-8-17(16,3)4/h11-16H,5-10H2,1-4H3/q+1. The van der Waals surface area contributed by atoms with Gasteiger partial charge in [-0.25, -0.2) is 0 Å². The van der Waals surface area contributed by atoms with Crippen molar-refractivity contribution in [3.63, 3.8) is 0 Å². The van der Waals surface area contributed by atoms with Gasteiger partial charge < -0.3 is 0 Å². The van der Waals surface area contributed by atoms with E-state index in [-0.39, 0.29) is 0 Å². The average Bonchev–Trinajstić information content (AvgIpc) is 2.91. The van der Waals surface area contributed by atoms with E-state index in [2.05, 4.69) is 27.2 Å². The van der Waals surface area contributed by atoms with Crippen molar-refractivity contribution in [3.8, 4) is 0 Å². The molecule has 0 aromatic carbocycles. The van der Waals surface area contributed by atoms with Crippen molar-refractivity contribution in [2.24, 2.45) is 29.6 Å². The van der Waals surface area contributed by atoms with Crippen molar-refractivity contribution < 1.29 is 0 Å². The zero-order valence-corrected chi connectivity index (χ0v) is 13.0. The first kappa shape index (κ1) is 12.5. The summed E-state index contributed by atoms with van der Waals surface area (Å²) in [6.07, 6.45) is 9.29. The molecular weight excluding hydrogens is 223 g/mol. The molecule has 0 bridgehead atoms. The molecule has 0 nitrogen and oxygen atoms in total. The second kappa shape index (κ2) is 4.22. The second-order valence-electron chi connectivity index (χ2n) is 7.75. The Morgan fingerprint density at radius 1 is 1.12 bits per heavy atom. The van der Waals surface area contributed by atoms with Crippen LogP contribution in [0.4, 0.5) is 0 Å². The summed E-state index contributed by atoms with van der Waals surface area (Å²) in [5.74, 6) is 5.67. The van der Waals surface area contributed by atoms with Gasteiger partial charge in [-0.05, 0) is 42.9 Å². The second-order valence-corrected chi connectivity index (χ2v) is 12.4. The van der Waals surface area contributed by atoms with Crippen molar-refractivity contribution >= 4 is 7.26 Å². The molecule has 2 aliphatic carbocycles. The van der Waals surface area contributed by atoms with Crippen LogP contribution in [0.5, 0.6) is 0 Å². The van der Waals surface area contributed by atoms with Crippen LogP contribution in [-0.4, -0.2) is 25.2 Å². The van der Waals surface area contributed by atoms with Crippen LogP contribution < -0.4 is 0 Å². The minimum atomic E-state index is -0.459. The van der Waals surface area contributed by atoms with Gasteiger partial charge in [0, 0.05) is 26.5 Å². The molecule has 3 fully saturated rings. The molecule has 1 heteroatoms. The fourth-order valence-corrected chi connectivity index (χ4v) is 8.64. The largest absolute Gasteiger partial charge is 0.0727 e. The lowest BCUT2D eigenvalue weighted by atomic mass is 9.68. The Bertz CT molecular complexity index is 296. The van der Waals surface area contributed by atoms with Gasteiger partial charge in [-0.2, -0.15) is 0 Å². The summed E-state index contributed by atoms with van der Waals surface area (Å²) in [5, 5.41) is 0.